The van der Waals surface area contributed by atoms with Crippen LogP contribution in [0, 0.1) is 16.0 Å². The quantitative estimate of drug-likeness (QED) is 0.537. The lowest BCUT2D eigenvalue weighted by Gasteiger charge is -2.37. The number of morpholine rings is 1. The van der Waals surface area contributed by atoms with Gasteiger partial charge in [0.15, 0.2) is 0 Å². The SMILES string of the molecule is O=C(c1cc([N+](=O)[O-])ccc1N1CCCCC1)N1CCCC(C(=O)N2CCOCC2)C1. The van der Waals surface area contributed by atoms with Crippen LogP contribution in [0.5, 0.6) is 0 Å². The molecular formula is C22H30N4O5. The summed E-state index contributed by atoms with van der Waals surface area (Å²) in [6.07, 6.45) is 4.76. The number of nitrogens with zero attached hydrogens (tertiary/aromatic N) is 4. The number of rotatable bonds is 4. The summed E-state index contributed by atoms with van der Waals surface area (Å²) in [5.74, 6) is -0.368. The first-order valence-corrected chi connectivity index (χ1v) is 11.2. The maximum Gasteiger partial charge on any atom is 0.270 e. The number of hydrogen-bond acceptors (Lipinski definition) is 6. The number of hydrogen-bond donors (Lipinski definition) is 0. The van der Waals surface area contributed by atoms with Gasteiger partial charge < -0.3 is 19.4 Å². The minimum Gasteiger partial charge on any atom is -0.378 e. The fourth-order valence-corrected chi connectivity index (χ4v) is 4.79. The largest absolute Gasteiger partial charge is 0.378 e. The van der Waals surface area contributed by atoms with Crippen molar-refractivity contribution in [1.82, 2.24) is 9.80 Å². The number of likely N-dealkylation sites (tertiary alicyclic amines) is 1. The second-order valence-corrected chi connectivity index (χ2v) is 8.53. The van der Waals surface area contributed by atoms with Crippen LogP contribution in [0.1, 0.15) is 42.5 Å². The molecule has 0 radical (unpaired) electrons. The van der Waals surface area contributed by atoms with Crippen molar-refractivity contribution in [2.45, 2.75) is 32.1 Å². The molecule has 3 aliphatic rings. The molecule has 1 aromatic carbocycles. The number of non-ortho nitro benzene ring substituents is 1. The van der Waals surface area contributed by atoms with Crippen LogP contribution < -0.4 is 4.90 Å². The number of carbonyl (C=O) groups excluding carboxylic acids is 2. The molecule has 168 valence electrons. The Bertz CT molecular complexity index is 833. The van der Waals surface area contributed by atoms with Crippen LogP contribution in [-0.2, 0) is 9.53 Å². The zero-order chi connectivity index (χ0) is 21.8. The first kappa shape index (κ1) is 21.5. The number of piperidine rings is 2. The van der Waals surface area contributed by atoms with Gasteiger partial charge in [-0.05, 0) is 38.2 Å². The van der Waals surface area contributed by atoms with Crippen molar-refractivity contribution in [3.05, 3.63) is 33.9 Å². The molecule has 9 nitrogen and oxygen atoms in total. The maximum atomic E-state index is 13.5. The number of benzene rings is 1. The minimum atomic E-state index is -0.461. The highest BCUT2D eigenvalue weighted by molar-refractivity contribution is 6.01. The van der Waals surface area contributed by atoms with Gasteiger partial charge in [0.25, 0.3) is 11.6 Å². The molecule has 0 spiro atoms. The van der Waals surface area contributed by atoms with E-state index < -0.39 is 4.92 Å². The van der Waals surface area contributed by atoms with Gasteiger partial charge in [-0.15, -0.1) is 0 Å². The molecule has 1 aromatic rings. The Kier molecular flexibility index (Phi) is 6.70. The summed E-state index contributed by atoms with van der Waals surface area (Å²) in [7, 11) is 0. The molecule has 0 aromatic heterocycles. The van der Waals surface area contributed by atoms with Gasteiger partial charge in [0.1, 0.15) is 0 Å². The topological polar surface area (TPSA) is 96.2 Å². The van der Waals surface area contributed by atoms with Crippen molar-refractivity contribution in [2.75, 3.05) is 57.4 Å². The molecule has 3 aliphatic heterocycles. The van der Waals surface area contributed by atoms with Crippen molar-refractivity contribution < 1.29 is 19.2 Å². The third-order valence-electron chi connectivity index (χ3n) is 6.50. The Morgan fingerprint density at radius 2 is 1.71 bits per heavy atom. The predicted octanol–water partition coefficient (Wildman–Crippen LogP) is 2.30. The first-order chi connectivity index (χ1) is 15.0. The molecule has 1 unspecified atom stereocenters. The van der Waals surface area contributed by atoms with Crippen LogP contribution in [0.3, 0.4) is 0 Å². The number of ether oxygens (including phenoxy) is 1. The van der Waals surface area contributed by atoms with Crippen LogP contribution in [0.15, 0.2) is 18.2 Å². The standard InChI is InChI=1S/C22H30N4O5/c27-21(24-11-13-31-14-12-24)17-5-4-10-25(16-17)22(28)19-15-18(26(29)30)6-7-20(19)23-8-2-1-3-9-23/h6-7,15,17H,1-5,8-14,16H2. The van der Waals surface area contributed by atoms with Gasteiger partial charge >= 0.3 is 0 Å². The molecule has 0 bridgehead atoms. The molecule has 31 heavy (non-hydrogen) atoms. The Balaban J connectivity index is 1.55. The number of nitro groups is 1. The molecule has 3 saturated heterocycles. The summed E-state index contributed by atoms with van der Waals surface area (Å²) in [6.45, 7) is 4.89. The van der Waals surface area contributed by atoms with Crippen LogP contribution in [0.25, 0.3) is 0 Å². The number of amides is 2. The Morgan fingerprint density at radius 3 is 2.42 bits per heavy atom. The fourth-order valence-electron chi connectivity index (χ4n) is 4.79. The lowest BCUT2D eigenvalue weighted by molar-refractivity contribution is -0.384. The van der Waals surface area contributed by atoms with Crippen molar-refractivity contribution in [3.8, 4) is 0 Å². The monoisotopic (exact) mass is 430 g/mol. The smallest absolute Gasteiger partial charge is 0.270 e. The van der Waals surface area contributed by atoms with E-state index in [9.17, 15) is 19.7 Å². The number of carbonyl (C=O) groups is 2. The summed E-state index contributed by atoms with van der Waals surface area (Å²) in [6, 6.07) is 4.58. The van der Waals surface area contributed by atoms with Crippen LogP contribution >= 0.6 is 0 Å². The van der Waals surface area contributed by atoms with E-state index in [-0.39, 0.29) is 23.4 Å². The average molecular weight is 431 g/mol. The number of anilines is 1. The van der Waals surface area contributed by atoms with Crippen LogP contribution in [0.2, 0.25) is 0 Å². The Morgan fingerprint density at radius 1 is 0.968 bits per heavy atom. The fraction of sp³-hybridized carbons (Fsp3) is 0.636. The number of nitro benzene ring substituents is 1. The van der Waals surface area contributed by atoms with E-state index in [4.69, 9.17) is 4.74 Å². The van der Waals surface area contributed by atoms with E-state index in [1.54, 1.807) is 11.0 Å². The zero-order valence-corrected chi connectivity index (χ0v) is 17.8. The van der Waals surface area contributed by atoms with Crippen LogP contribution in [-0.4, -0.2) is 79.0 Å². The summed E-state index contributed by atoms with van der Waals surface area (Å²) >= 11 is 0. The molecular weight excluding hydrogens is 400 g/mol. The average Bonchev–Trinajstić information content (AvgIpc) is 2.84. The summed E-state index contributed by atoms with van der Waals surface area (Å²) in [5, 5.41) is 11.4. The van der Waals surface area contributed by atoms with Gasteiger partial charge in [-0.2, -0.15) is 0 Å². The van der Waals surface area contributed by atoms with Gasteiger partial charge in [0.2, 0.25) is 5.91 Å². The molecule has 2 amide bonds. The highest BCUT2D eigenvalue weighted by atomic mass is 16.6. The van der Waals surface area contributed by atoms with E-state index in [2.05, 4.69) is 4.90 Å². The second-order valence-electron chi connectivity index (χ2n) is 8.53. The normalized spacial score (nSPS) is 22.3. The highest BCUT2D eigenvalue weighted by Gasteiger charge is 2.33. The maximum absolute atomic E-state index is 13.5. The Hall–Kier alpha value is -2.68. The van der Waals surface area contributed by atoms with Crippen molar-refractivity contribution in [2.24, 2.45) is 5.92 Å². The summed E-state index contributed by atoms with van der Waals surface area (Å²) in [5.41, 5.74) is 1.05. The lowest BCUT2D eigenvalue weighted by Crippen LogP contribution is -2.49. The minimum absolute atomic E-state index is 0.0797. The van der Waals surface area contributed by atoms with Crippen molar-refractivity contribution >= 4 is 23.2 Å². The molecule has 9 heteroatoms. The zero-order valence-electron chi connectivity index (χ0n) is 17.8. The van der Waals surface area contributed by atoms with E-state index >= 15 is 0 Å². The molecule has 0 aliphatic carbocycles. The molecule has 0 N–H and O–H groups in total. The highest BCUT2D eigenvalue weighted by Crippen LogP contribution is 2.30. The first-order valence-electron chi connectivity index (χ1n) is 11.2. The third-order valence-corrected chi connectivity index (χ3v) is 6.50. The molecule has 1 atom stereocenters. The van der Waals surface area contributed by atoms with Crippen LogP contribution in [0.4, 0.5) is 11.4 Å². The van der Waals surface area contributed by atoms with Gasteiger partial charge in [0, 0.05) is 51.4 Å². The molecule has 0 saturated carbocycles. The van der Waals surface area contributed by atoms with Gasteiger partial charge in [-0.3, -0.25) is 19.7 Å². The predicted molar refractivity (Wildman–Crippen MR) is 115 cm³/mol. The molecule has 4 rings (SSSR count). The van der Waals surface area contributed by atoms with E-state index in [0.29, 0.717) is 45.0 Å². The third kappa shape index (κ3) is 4.81. The van der Waals surface area contributed by atoms with Gasteiger partial charge in [-0.25, -0.2) is 0 Å². The van der Waals surface area contributed by atoms with Gasteiger partial charge in [-0.1, -0.05) is 0 Å². The van der Waals surface area contributed by atoms with E-state index in [0.717, 1.165) is 50.9 Å². The summed E-state index contributed by atoms with van der Waals surface area (Å²) in [4.78, 5) is 43.1. The second kappa shape index (κ2) is 9.64. The summed E-state index contributed by atoms with van der Waals surface area (Å²) < 4.78 is 5.34. The lowest BCUT2D eigenvalue weighted by atomic mass is 9.95. The Labute approximate surface area is 182 Å². The van der Waals surface area contributed by atoms with Crippen molar-refractivity contribution in [1.29, 1.82) is 0 Å². The van der Waals surface area contributed by atoms with Gasteiger partial charge in [0.05, 0.1) is 35.3 Å². The van der Waals surface area contributed by atoms with E-state index in [1.807, 2.05) is 4.90 Å². The van der Waals surface area contributed by atoms with E-state index in [1.165, 1.54) is 12.1 Å². The molecule has 3 heterocycles. The van der Waals surface area contributed by atoms with Crippen molar-refractivity contribution in [3.63, 3.8) is 0 Å². The molecule has 3 fully saturated rings.